The number of hydrazone groups is 1. The standard InChI is InChI=1S/C15H15ClN2O/c1-11(12-6-5-7-13(10-12)19-2)17-18-15-9-4-3-8-14(15)16/h3-10,18H,1-2H3/b17-11-. The Kier molecular flexibility index (Phi) is 4.42. The van der Waals surface area contributed by atoms with E-state index in [1.165, 1.54) is 0 Å². The van der Waals surface area contributed by atoms with Crippen molar-refractivity contribution in [3.8, 4) is 5.75 Å². The number of nitrogens with one attached hydrogen (secondary N) is 1. The Morgan fingerprint density at radius 3 is 2.68 bits per heavy atom. The summed E-state index contributed by atoms with van der Waals surface area (Å²) in [7, 11) is 1.65. The van der Waals surface area contributed by atoms with Crippen LogP contribution in [0.5, 0.6) is 5.75 Å². The van der Waals surface area contributed by atoms with Gasteiger partial charge in [0.2, 0.25) is 0 Å². The van der Waals surface area contributed by atoms with Crippen molar-refractivity contribution in [1.29, 1.82) is 0 Å². The molecule has 1 N–H and O–H groups in total. The summed E-state index contributed by atoms with van der Waals surface area (Å²) in [5, 5.41) is 4.97. The zero-order valence-corrected chi connectivity index (χ0v) is 11.6. The smallest absolute Gasteiger partial charge is 0.119 e. The largest absolute Gasteiger partial charge is 0.497 e. The highest BCUT2D eigenvalue weighted by Gasteiger charge is 2.01. The lowest BCUT2D eigenvalue weighted by Gasteiger charge is -2.06. The third-order valence-corrected chi connectivity index (χ3v) is 3.04. The minimum absolute atomic E-state index is 0.643. The summed E-state index contributed by atoms with van der Waals surface area (Å²) in [6, 6.07) is 15.2. The molecule has 2 aromatic rings. The summed E-state index contributed by atoms with van der Waals surface area (Å²) in [6.07, 6.45) is 0. The number of methoxy groups -OCH3 is 1. The lowest BCUT2D eigenvalue weighted by atomic mass is 10.1. The molecule has 0 amide bonds. The summed E-state index contributed by atoms with van der Waals surface area (Å²) >= 11 is 6.05. The van der Waals surface area contributed by atoms with E-state index in [0.29, 0.717) is 5.02 Å². The van der Waals surface area contributed by atoms with E-state index in [-0.39, 0.29) is 0 Å². The maximum absolute atomic E-state index is 6.05. The third kappa shape index (κ3) is 3.48. The number of hydrogen-bond acceptors (Lipinski definition) is 3. The lowest BCUT2D eigenvalue weighted by molar-refractivity contribution is 0.414. The average Bonchev–Trinajstić information content (AvgIpc) is 2.46. The second kappa shape index (κ2) is 6.25. The van der Waals surface area contributed by atoms with Gasteiger partial charge in [-0.25, -0.2) is 0 Å². The Labute approximate surface area is 117 Å². The molecule has 19 heavy (non-hydrogen) atoms. The van der Waals surface area contributed by atoms with Crippen LogP contribution >= 0.6 is 11.6 Å². The van der Waals surface area contributed by atoms with Crippen LogP contribution in [0.3, 0.4) is 0 Å². The molecule has 0 aliphatic carbocycles. The van der Waals surface area contributed by atoms with Crippen molar-refractivity contribution in [2.75, 3.05) is 12.5 Å². The van der Waals surface area contributed by atoms with Gasteiger partial charge in [0.15, 0.2) is 0 Å². The first-order valence-electron chi connectivity index (χ1n) is 5.90. The molecular weight excluding hydrogens is 260 g/mol. The molecule has 0 spiro atoms. The van der Waals surface area contributed by atoms with E-state index < -0.39 is 0 Å². The van der Waals surface area contributed by atoms with Gasteiger partial charge in [0, 0.05) is 5.56 Å². The predicted molar refractivity (Wildman–Crippen MR) is 80.3 cm³/mol. The number of benzene rings is 2. The van der Waals surface area contributed by atoms with E-state index in [1.807, 2.05) is 55.5 Å². The van der Waals surface area contributed by atoms with E-state index in [4.69, 9.17) is 16.3 Å². The summed E-state index contributed by atoms with van der Waals surface area (Å²) in [5.41, 5.74) is 5.61. The van der Waals surface area contributed by atoms with Crippen LogP contribution in [-0.4, -0.2) is 12.8 Å². The van der Waals surface area contributed by atoms with Crippen LogP contribution in [0, 0.1) is 0 Å². The van der Waals surface area contributed by atoms with Gasteiger partial charge in [0.25, 0.3) is 0 Å². The lowest BCUT2D eigenvalue weighted by Crippen LogP contribution is -2.00. The number of nitrogens with zero attached hydrogens (tertiary/aromatic N) is 1. The Hall–Kier alpha value is -2.00. The molecule has 2 aromatic carbocycles. The van der Waals surface area contributed by atoms with E-state index in [0.717, 1.165) is 22.7 Å². The van der Waals surface area contributed by atoms with E-state index in [1.54, 1.807) is 7.11 Å². The summed E-state index contributed by atoms with van der Waals surface area (Å²) < 4.78 is 5.19. The molecular formula is C15H15ClN2O. The van der Waals surface area contributed by atoms with Gasteiger partial charge in [-0.1, -0.05) is 35.9 Å². The highest BCUT2D eigenvalue weighted by Crippen LogP contribution is 2.20. The van der Waals surface area contributed by atoms with Crippen LogP contribution in [0.2, 0.25) is 5.02 Å². The molecule has 0 unspecified atom stereocenters. The van der Waals surface area contributed by atoms with Gasteiger partial charge >= 0.3 is 0 Å². The number of para-hydroxylation sites is 1. The molecule has 98 valence electrons. The minimum atomic E-state index is 0.643. The van der Waals surface area contributed by atoms with Gasteiger partial charge in [-0.2, -0.15) is 5.10 Å². The quantitative estimate of drug-likeness (QED) is 0.670. The number of anilines is 1. The molecule has 0 aliphatic rings. The van der Waals surface area contributed by atoms with Crippen LogP contribution in [-0.2, 0) is 0 Å². The highest BCUT2D eigenvalue weighted by molar-refractivity contribution is 6.33. The molecule has 0 bridgehead atoms. The van der Waals surface area contributed by atoms with Crippen molar-refractivity contribution >= 4 is 23.0 Å². The van der Waals surface area contributed by atoms with E-state index in [9.17, 15) is 0 Å². The highest BCUT2D eigenvalue weighted by atomic mass is 35.5. The third-order valence-electron chi connectivity index (χ3n) is 2.71. The Balaban J connectivity index is 2.17. The predicted octanol–water partition coefficient (Wildman–Crippen LogP) is 4.18. The minimum Gasteiger partial charge on any atom is -0.497 e. The molecule has 0 heterocycles. The van der Waals surface area contributed by atoms with Gasteiger partial charge in [0.1, 0.15) is 5.75 Å². The van der Waals surface area contributed by atoms with Crippen molar-refractivity contribution in [1.82, 2.24) is 0 Å². The fraction of sp³-hybridized carbons (Fsp3) is 0.133. The monoisotopic (exact) mass is 274 g/mol. The SMILES string of the molecule is COc1cccc(/C(C)=N\Nc2ccccc2Cl)c1. The second-order valence-corrected chi connectivity index (χ2v) is 4.43. The number of hydrogen-bond donors (Lipinski definition) is 1. The van der Waals surface area contributed by atoms with E-state index >= 15 is 0 Å². The van der Waals surface area contributed by atoms with Crippen molar-refractivity contribution < 1.29 is 4.74 Å². The fourth-order valence-electron chi connectivity index (χ4n) is 1.61. The van der Waals surface area contributed by atoms with Gasteiger partial charge < -0.3 is 4.74 Å². The average molecular weight is 275 g/mol. The topological polar surface area (TPSA) is 33.6 Å². The number of ether oxygens (including phenoxy) is 1. The zero-order chi connectivity index (χ0) is 13.7. The van der Waals surface area contributed by atoms with Gasteiger partial charge in [-0.15, -0.1) is 0 Å². The molecule has 4 heteroatoms. The van der Waals surface area contributed by atoms with Crippen LogP contribution in [0.25, 0.3) is 0 Å². The molecule has 2 rings (SSSR count). The maximum Gasteiger partial charge on any atom is 0.119 e. The molecule has 0 saturated carbocycles. The van der Waals surface area contributed by atoms with Gasteiger partial charge in [-0.3, -0.25) is 5.43 Å². The fourth-order valence-corrected chi connectivity index (χ4v) is 1.79. The van der Waals surface area contributed by atoms with Gasteiger partial charge in [-0.05, 0) is 31.2 Å². The first kappa shape index (κ1) is 13.4. The first-order valence-corrected chi connectivity index (χ1v) is 6.28. The first-order chi connectivity index (χ1) is 9.20. The summed E-state index contributed by atoms with van der Waals surface area (Å²) in [5.74, 6) is 0.810. The number of rotatable bonds is 4. The summed E-state index contributed by atoms with van der Waals surface area (Å²) in [4.78, 5) is 0. The van der Waals surface area contributed by atoms with Gasteiger partial charge in [0.05, 0.1) is 23.5 Å². The molecule has 3 nitrogen and oxygen atoms in total. The molecule has 0 aromatic heterocycles. The maximum atomic E-state index is 6.05. The molecule has 0 fully saturated rings. The Morgan fingerprint density at radius 2 is 1.95 bits per heavy atom. The Bertz CT molecular complexity index is 596. The van der Waals surface area contributed by atoms with Crippen LogP contribution < -0.4 is 10.2 Å². The van der Waals surface area contributed by atoms with Crippen LogP contribution in [0.15, 0.2) is 53.6 Å². The van der Waals surface area contributed by atoms with Crippen molar-refractivity contribution in [3.63, 3.8) is 0 Å². The van der Waals surface area contributed by atoms with Crippen molar-refractivity contribution in [3.05, 3.63) is 59.1 Å². The zero-order valence-electron chi connectivity index (χ0n) is 10.9. The molecule has 0 radical (unpaired) electrons. The normalized spacial score (nSPS) is 11.2. The van der Waals surface area contributed by atoms with Crippen LogP contribution in [0.1, 0.15) is 12.5 Å². The Morgan fingerprint density at radius 1 is 1.16 bits per heavy atom. The molecule has 0 aliphatic heterocycles. The van der Waals surface area contributed by atoms with E-state index in [2.05, 4.69) is 10.5 Å². The van der Waals surface area contributed by atoms with Crippen LogP contribution in [0.4, 0.5) is 5.69 Å². The number of halogens is 1. The summed E-state index contributed by atoms with van der Waals surface area (Å²) in [6.45, 7) is 1.93. The second-order valence-electron chi connectivity index (χ2n) is 4.02. The van der Waals surface area contributed by atoms with Crippen molar-refractivity contribution in [2.45, 2.75) is 6.92 Å². The molecule has 0 atom stereocenters. The van der Waals surface area contributed by atoms with Crippen molar-refractivity contribution in [2.24, 2.45) is 5.10 Å². The molecule has 0 saturated heterocycles.